The summed E-state index contributed by atoms with van der Waals surface area (Å²) in [6.45, 7) is 2.34. The summed E-state index contributed by atoms with van der Waals surface area (Å²) >= 11 is 0. The maximum absolute atomic E-state index is 11.2. The van der Waals surface area contributed by atoms with Gasteiger partial charge in [-0.1, -0.05) is 0 Å². The van der Waals surface area contributed by atoms with E-state index in [1.165, 1.54) is 0 Å². The zero-order valence-corrected chi connectivity index (χ0v) is 7.91. The second-order valence-corrected chi connectivity index (χ2v) is 3.64. The van der Waals surface area contributed by atoms with E-state index in [9.17, 15) is 4.79 Å². The molecule has 2 aliphatic rings. The first kappa shape index (κ1) is 8.97. The summed E-state index contributed by atoms with van der Waals surface area (Å²) in [6.07, 6.45) is 2.51. The topological polar surface area (TPSA) is 42.1 Å². The Morgan fingerprint density at radius 1 is 1.69 bits per heavy atom. The third kappa shape index (κ3) is 1.84. The molecule has 0 aliphatic carbocycles. The largest absolute Gasteiger partial charge is 0.351 e. The summed E-state index contributed by atoms with van der Waals surface area (Å²) in [5.41, 5.74) is 0. The average molecular weight is 185 g/mol. The van der Waals surface area contributed by atoms with Gasteiger partial charge in [-0.3, -0.25) is 4.79 Å². The number of epoxide rings is 1. The van der Waals surface area contributed by atoms with Crippen molar-refractivity contribution in [2.45, 2.75) is 25.0 Å². The van der Waals surface area contributed by atoms with Gasteiger partial charge in [0.05, 0.1) is 0 Å². The Morgan fingerprint density at radius 3 is 2.92 bits per heavy atom. The van der Waals surface area contributed by atoms with E-state index in [1.807, 2.05) is 4.90 Å². The lowest BCUT2D eigenvalue weighted by atomic mass is 10.2. The van der Waals surface area contributed by atoms with Crippen molar-refractivity contribution in [1.29, 1.82) is 0 Å². The summed E-state index contributed by atoms with van der Waals surface area (Å²) in [7, 11) is 1.65. The van der Waals surface area contributed by atoms with Crippen LogP contribution in [0.25, 0.3) is 0 Å². The maximum atomic E-state index is 11.2. The fourth-order valence-corrected chi connectivity index (χ4v) is 1.69. The molecule has 2 heterocycles. The predicted octanol–water partition coefficient (Wildman–Crippen LogP) is 0.372. The molecule has 0 N–H and O–H groups in total. The van der Waals surface area contributed by atoms with Crippen molar-refractivity contribution in [2.75, 3.05) is 26.8 Å². The number of carbonyl (C=O) groups is 1. The third-order valence-electron chi connectivity index (χ3n) is 2.77. The highest BCUT2D eigenvalue weighted by molar-refractivity contribution is 5.78. The van der Waals surface area contributed by atoms with Crippen LogP contribution in [-0.4, -0.2) is 43.4 Å². The van der Waals surface area contributed by atoms with Gasteiger partial charge in [0, 0.05) is 33.0 Å². The molecular formula is C9H15NO3. The van der Waals surface area contributed by atoms with Crippen molar-refractivity contribution in [3.05, 3.63) is 0 Å². The summed E-state index contributed by atoms with van der Waals surface area (Å²) in [6, 6.07) is 0. The number of nitrogens with zero attached hydrogens (tertiary/aromatic N) is 1. The Balaban J connectivity index is 1.76. The van der Waals surface area contributed by atoms with Crippen LogP contribution in [0.5, 0.6) is 0 Å². The lowest BCUT2D eigenvalue weighted by molar-refractivity contribution is -0.128. The van der Waals surface area contributed by atoms with Crippen LogP contribution < -0.4 is 0 Å². The molecule has 0 radical (unpaired) electrons. The van der Waals surface area contributed by atoms with Crippen LogP contribution >= 0.6 is 0 Å². The summed E-state index contributed by atoms with van der Waals surface area (Å²) in [4.78, 5) is 13.1. The molecule has 13 heavy (non-hydrogen) atoms. The molecule has 0 aromatic carbocycles. The molecule has 2 aliphatic heterocycles. The van der Waals surface area contributed by atoms with Gasteiger partial charge in [0.2, 0.25) is 5.91 Å². The molecule has 2 fully saturated rings. The van der Waals surface area contributed by atoms with Crippen molar-refractivity contribution in [2.24, 2.45) is 0 Å². The lowest BCUT2D eigenvalue weighted by Crippen LogP contribution is -2.30. The van der Waals surface area contributed by atoms with Crippen LogP contribution in [0, 0.1) is 0 Å². The number of hydrogen-bond donors (Lipinski definition) is 0. The van der Waals surface area contributed by atoms with E-state index >= 15 is 0 Å². The summed E-state index contributed by atoms with van der Waals surface area (Å²) in [5.74, 6) is -0.0880. The van der Waals surface area contributed by atoms with Crippen LogP contribution in [0.4, 0.5) is 0 Å². The van der Waals surface area contributed by atoms with Gasteiger partial charge in [0.25, 0.3) is 0 Å². The fourth-order valence-electron chi connectivity index (χ4n) is 1.69. The highest BCUT2D eigenvalue weighted by atomic mass is 16.8. The highest BCUT2D eigenvalue weighted by Gasteiger charge is 2.45. The minimum Gasteiger partial charge on any atom is -0.351 e. The standard InChI is InChI=1S/C9H15NO3/c1-12-9(7-13-9)4-6-10-5-2-3-8(10)11/h2-7H2,1H3. The monoisotopic (exact) mass is 185 g/mol. The van der Waals surface area contributed by atoms with E-state index in [0.29, 0.717) is 13.0 Å². The second-order valence-electron chi connectivity index (χ2n) is 3.64. The number of ether oxygens (including phenoxy) is 2. The van der Waals surface area contributed by atoms with Crippen molar-refractivity contribution in [3.63, 3.8) is 0 Å². The number of amides is 1. The van der Waals surface area contributed by atoms with Crippen molar-refractivity contribution < 1.29 is 14.3 Å². The smallest absolute Gasteiger partial charge is 0.222 e. The lowest BCUT2D eigenvalue weighted by Gasteiger charge is -2.17. The van der Waals surface area contributed by atoms with Crippen molar-refractivity contribution >= 4 is 5.91 Å². The van der Waals surface area contributed by atoms with Gasteiger partial charge in [0.1, 0.15) is 6.61 Å². The number of likely N-dealkylation sites (tertiary alicyclic amines) is 1. The fraction of sp³-hybridized carbons (Fsp3) is 0.889. The Bertz CT molecular complexity index is 213. The van der Waals surface area contributed by atoms with Gasteiger partial charge in [-0.15, -0.1) is 0 Å². The van der Waals surface area contributed by atoms with Gasteiger partial charge >= 0.3 is 0 Å². The first-order chi connectivity index (χ1) is 6.26. The molecule has 0 saturated carbocycles. The normalized spacial score (nSPS) is 32.7. The van der Waals surface area contributed by atoms with Gasteiger partial charge in [-0.05, 0) is 6.42 Å². The van der Waals surface area contributed by atoms with Crippen molar-refractivity contribution in [3.8, 4) is 0 Å². The molecule has 0 aromatic rings. The molecular weight excluding hydrogens is 170 g/mol. The predicted molar refractivity (Wildman–Crippen MR) is 46.1 cm³/mol. The minimum atomic E-state index is -0.358. The molecule has 2 saturated heterocycles. The average Bonchev–Trinajstić information content (AvgIpc) is 2.82. The van der Waals surface area contributed by atoms with E-state index in [-0.39, 0.29) is 11.7 Å². The Kier molecular flexibility index (Phi) is 2.26. The van der Waals surface area contributed by atoms with Crippen LogP contribution in [0.2, 0.25) is 0 Å². The molecule has 0 aromatic heterocycles. The van der Waals surface area contributed by atoms with Gasteiger partial charge in [0.15, 0.2) is 5.79 Å². The quantitative estimate of drug-likeness (QED) is 0.594. The molecule has 0 bridgehead atoms. The maximum Gasteiger partial charge on any atom is 0.222 e. The van der Waals surface area contributed by atoms with Gasteiger partial charge in [-0.2, -0.15) is 0 Å². The molecule has 1 unspecified atom stereocenters. The van der Waals surface area contributed by atoms with E-state index in [2.05, 4.69) is 0 Å². The molecule has 4 heteroatoms. The molecule has 1 atom stereocenters. The number of methoxy groups -OCH3 is 1. The third-order valence-corrected chi connectivity index (χ3v) is 2.77. The Labute approximate surface area is 77.8 Å². The van der Waals surface area contributed by atoms with Gasteiger partial charge < -0.3 is 14.4 Å². The molecule has 1 amide bonds. The number of hydrogen-bond acceptors (Lipinski definition) is 3. The van der Waals surface area contributed by atoms with Crippen LogP contribution in [-0.2, 0) is 14.3 Å². The summed E-state index contributed by atoms with van der Waals surface area (Å²) in [5, 5.41) is 0. The van der Waals surface area contributed by atoms with Crippen LogP contribution in [0.1, 0.15) is 19.3 Å². The Hall–Kier alpha value is -0.610. The second kappa shape index (κ2) is 3.27. The first-order valence-electron chi connectivity index (χ1n) is 4.73. The zero-order chi connectivity index (χ0) is 9.31. The first-order valence-corrected chi connectivity index (χ1v) is 4.73. The van der Waals surface area contributed by atoms with E-state index in [1.54, 1.807) is 7.11 Å². The molecule has 74 valence electrons. The molecule has 2 rings (SSSR count). The minimum absolute atomic E-state index is 0.270. The number of carbonyl (C=O) groups excluding carboxylic acids is 1. The van der Waals surface area contributed by atoms with E-state index in [0.717, 1.165) is 25.9 Å². The van der Waals surface area contributed by atoms with Gasteiger partial charge in [-0.25, -0.2) is 0 Å². The summed E-state index contributed by atoms with van der Waals surface area (Å²) < 4.78 is 10.4. The Morgan fingerprint density at radius 2 is 2.46 bits per heavy atom. The number of rotatable bonds is 4. The molecule has 4 nitrogen and oxygen atoms in total. The van der Waals surface area contributed by atoms with Crippen molar-refractivity contribution in [1.82, 2.24) is 4.90 Å². The SMILES string of the molecule is COC1(CCN2CCCC2=O)CO1. The zero-order valence-electron chi connectivity index (χ0n) is 7.91. The van der Waals surface area contributed by atoms with E-state index < -0.39 is 0 Å². The van der Waals surface area contributed by atoms with E-state index in [4.69, 9.17) is 9.47 Å². The molecule has 0 spiro atoms. The highest BCUT2D eigenvalue weighted by Crippen LogP contribution is 2.31. The van der Waals surface area contributed by atoms with Crippen LogP contribution in [0.3, 0.4) is 0 Å². The van der Waals surface area contributed by atoms with Crippen LogP contribution in [0.15, 0.2) is 0 Å².